The van der Waals surface area contributed by atoms with Gasteiger partial charge in [0.15, 0.2) is 15.7 Å². The van der Waals surface area contributed by atoms with Crippen LogP contribution in [0.1, 0.15) is 56.6 Å². The van der Waals surface area contributed by atoms with Gasteiger partial charge in [0, 0.05) is 12.2 Å². The lowest BCUT2D eigenvalue weighted by Crippen LogP contribution is -2.18. The number of rotatable bonds is 6. The number of fused-ring (bicyclic) bond motifs is 3. The second-order valence-electron chi connectivity index (χ2n) is 7.26. The second kappa shape index (κ2) is 6.94. The minimum Gasteiger partial charge on any atom is -0.382 e. The number of nitrogen functional groups attached to an aromatic ring is 1. The van der Waals surface area contributed by atoms with Crippen LogP contribution >= 0.6 is 0 Å². The van der Waals surface area contributed by atoms with Crippen molar-refractivity contribution in [3.05, 3.63) is 17.1 Å². The standard InChI is InChI=1S/C18H28N4O2S/c1-12(2)25(23,24)11-7-6-10-22-13(3)20-16-17(22)14-8-4-5-9-15(14)21-18(16)19/h12H,4-11H2,1-3H3,(H2,19,21). The Morgan fingerprint density at radius 3 is 2.60 bits per heavy atom. The van der Waals surface area contributed by atoms with E-state index in [1.807, 2.05) is 6.92 Å². The zero-order valence-electron chi connectivity index (χ0n) is 15.4. The van der Waals surface area contributed by atoms with Gasteiger partial charge in [-0.1, -0.05) is 0 Å². The van der Waals surface area contributed by atoms with Gasteiger partial charge in [0.05, 0.1) is 16.5 Å². The van der Waals surface area contributed by atoms with Gasteiger partial charge in [-0.05, 0) is 64.9 Å². The SMILES string of the molecule is Cc1nc2c(N)nc3c(c2n1CCCCS(=O)(=O)C(C)C)CCCC3. The molecule has 6 nitrogen and oxygen atoms in total. The predicted octanol–water partition coefficient (Wildman–Crippen LogP) is 2.80. The number of hydrogen-bond donors (Lipinski definition) is 1. The summed E-state index contributed by atoms with van der Waals surface area (Å²) in [5, 5.41) is -0.304. The summed E-state index contributed by atoms with van der Waals surface area (Å²) in [6.45, 7) is 6.24. The molecule has 2 N–H and O–H groups in total. The van der Waals surface area contributed by atoms with Crippen LogP contribution in [0.25, 0.3) is 11.0 Å². The molecular weight excluding hydrogens is 336 g/mol. The van der Waals surface area contributed by atoms with Gasteiger partial charge in [-0.2, -0.15) is 0 Å². The van der Waals surface area contributed by atoms with Crippen LogP contribution in [-0.4, -0.2) is 34.0 Å². The highest BCUT2D eigenvalue weighted by Gasteiger charge is 2.21. The maximum atomic E-state index is 12.0. The molecule has 0 fully saturated rings. The molecule has 25 heavy (non-hydrogen) atoms. The van der Waals surface area contributed by atoms with Crippen LogP contribution in [0.15, 0.2) is 0 Å². The Kier molecular flexibility index (Phi) is 5.04. The van der Waals surface area contributed by atoms with Crippen LogP contribution in [0, 0.1) is 6.92 Å². The molecule has 1 aliphatic rings. The Morgan fingerprint density at radius 2 is 1.88 bits per heavy atom. The lowest BCUT2D eigenvalue weighted by Gasteiger charge is -2.18. The monoisotopic (exact) mass is 364 g/mol. The van der Waals surface area contributed by atoms with Gasteiger partial charge < -0.3 is 10.3 Å². The molecule has 0 atom stereocenters. The fourth-order valence-electron chi connectivity index (χ4n) is 3.60. The summed E-state index contributed by atoms with van der Waals surface area (Å²) in [6, 6.07) is 0. The Bertz CT molecular complexity index is 884. The summed E-state index contributed by atoms with van der Waals surface area (Å²) < 4.78 is 26.1. The smallest absolute Gasteiger partial charge is 0.152 e. The third-order valence-corrected chi connectivity index (χ3v) is 7.45. The van der Waals surface area contributed by atoms with Crippen molar-refractivity contribution in [3.63, 3.8) is 0 Å². The Hall–Kier alpha value is -1.63. The zero-order valence-corrected chi connectivity index (χ0v) is 16.2. The number of unbranched alkanes of at least 4 members (excludes halogenated alkanes) is 1. The van der Waals surface area contributed by atoms with E-state index in [1.54, 1.807) is 13.8 Å². The van der Waals surface area contributed by atoms with Gasteiger partial charge in [0.25, 0.3) is 0 Å². The van der Waals surface area contributed by atoms with E-state index in [-0.39, 0.29) is 11.0 Å². The maximum absolute atomic E-state index is 12.0. The molecule has 0 unspecified atom stereocenters. The number of hydrogen-bond acceptors (Lipinski definition) is 5. The quantitative estimate of drug-likeness (QED) is 0.796. The van der Waals surface area contributed by atoms with E-state index >= 15 is 0 Å². The third-order valence-electron chi connectivity index (χ3n) is 5.16. The highest BCUT2D eigenvalue weighted by atomic mass is 32.2. The summed E-state index contributed by atoms with van der Waals surface area (Å²) in [4.78, 5) is 9.20. The van der Waals surface area contributed by atoms with Crippen molar-refractivity contribution in [1.29, 1.82) is 0 Å². The normalized spacial score (nSPS) is 15.0. The molecule has 0 saturated carbocycles. The number of nitrogens with two attached hydrogens (primary N) is 1. The van der Waals surface area contributed by atoms with Crippen molar-refractivity contribution in [2.45, 2.75) is 71.1 Å². The average molecular weight is 365 g/mol. The molecule has 138 valence electrons. The first-order valence-electron chi connectivity index (χ1n) is 9.17. The van der Waals surface area contributed by atoms with E-state index in [1.165, 1.54) is 12.0 Å². The van der Waals surface area contributed by atoms with E-state index in [0.717, 1.165) is 54.8 Å². The van der Waals surface area contributed by atoms with E-state index in [0.29, 0.717) is 12.2 Å². The first-order chi connectivity index (χ1) is 11.8. The summed E-state index contributed by atoms with van der Waals surface area (Å²) >= 11 is 0. The molecule has 0 spiro atoms. The Morgan fingerprint density at radius 1 is 1.16 bits per heavy atom. The van der Waals surface area contributed by atoms with Crippen LogP contribution in [0.3, 0.4) is 0 Å². The van der Waals surface area contributed by atoms with Crippen molar-refractivity contribution in [2.24, 2.45) is 0 Å². The number of pyridine rings is 1. The van der Waals surface area contributed by atoms with Crippen LogP contribution in [-0.2, 0) is 29.2 Å². The number of nitrogens with zero attached hydrogens (tertiary/aromatic N) is 3. The van der Waals surface area contributed by atoms with Crippen molar-refractivity contribution in [1.82, 2.24) is 14.5 Å². The number of aromatic nitrogens is 3. The minimum atomic E-state index is -2.97. The predicted molar refractivity (Wildman–Crippen MR) is 101 cm³/mol. The van der Waals surface area contributed by atoms with Crippen molar-refractivity contribution in [2.75, 3.05) is 11.5 Å². The van der Waals surface area contributed by atoms with Gasteiger partial charge in [-0.25, -0.2) is 18.4 Å². The summed E-state index contributed by atoms with van der Waals surface area (Å²) in [6.07, 6.45) is 5.81. The average Bonchev–Trinajstić information content (AvgIpc) is 2.89. The van der Waals surface area contributed by atoms with E-state index in [2.05, 4.69) is 14.5 Å². The molecule has 7 heteroatoms. The molecule has 0 aliphatic heterocycles. The first-order valence-corrected chi connectivity index (χ1v) is 10.9. The molecular formula is C18H28N4O2S. The number of imidazole rings is 1. The molecule has 2 heterocycles. The molecule has 2 aromatic rings. The second-order valence-corrected chi connectivity index (χ2v) is 9.94. The van der Waals surface area contributed by atoms with Gasteiger partial charge in [0.1, 0.15) is 11.3 Å². The van der Waals surface area contributed by atoms with E-state index < -0.39 is 9.84 Å². The third kappa shape index (κ3) is 3.52. The first kappa shape index (κ1) is 18.2. The number of aryl methyl sites for hydroxylation is 4. The molecule has 0 aromatic carbocycles. The van der Waals surface area contributed by atoms with Crippen molar-refractivity contribution in [3.8, 4) is 0 Å². The van der Waals surface area contributed by atoms with Gasteiger partial charge >= 0.3 is 0 Å². The van der Waals surface area contributed by atoms with Gasteiger partial charge in [0.2, 0.25) is 0 Å². The van der Waals surface area contributed by atoms with Crippen LogP contribution in [0.2, 0.25) is 0 Å². The fourth-order valence-corrected chi connectivity index (χ4v) is 4.68. The highest BCUT2D eigenvalue weighted by Crippen LogP contribution is 2.31. The summed E-state index contributed by atoms with van der Waals surface area (Å²) in [5.74, 6) is 1.69. The van der Waals surface area contributed by atoms with Crippen LogP contribution in [0.4, 0.5) is 5.82 Å². The Balaban J connectivity index is 1.84. The van der Waals surface area contributed by atoms with E-state index in [4.69, 9.17) is 5.73 Å². The van der Waals surface area contributed by atoms with Crippen molar-refractivity contribution < 1.29 is 8.42 Å². The topological polar surface area (TPSA) is 90.9 Å². The summed E-state index contributed by atoms with van der Waals surface area (Å²) in [7, 11) is -2.97. The van der Waals surface area contributed by atoms with Crippen LogP contribution in [0.5, 0.6) is 0 Å². The van der Waals surface area contributed by atoms with E-state index in [9.17, 15) is 8.42 Å². The molecule has 3 rings (SSSR count). The van der Waals surface area contributed by atoms with Crippen molar-refractivity contribution >= 4 is 26.7 Å². The Labute approximate surface area is 149 Å². The number of anilines is 1. The maximum Gasteiger partial charge on any atom is 0.152 e. The van der Waals surface area contributed by atoms with Gasteiger partial charge in [-0.15, -0.1) is 0 Å². The fraction of sp³-hybridized carbons (Fsp3) is 0.667. The molecule has 2 aromatic heterocycles. The lowest BCUT2D eigenvalue weighted by atomic mass is 9.95. The molecule has 1 aliphatic carbocycles. The molecule has 0 bridgehead atoms. The zero-order chi connectivity index (χ0) is 18.2. The minimum absolute atomic E-state index is 0.248. The molecule has 0 saturated heterocycles. The molecule has 0 amide bonds. The lowest BCUT2D eigenvalue weighted by molar-refractivity contribution is 0.575. The highest BCUT2D eigenvalue weighted by molar-refractivity contribution is 7.91. The largest absolute Gasteiger partial charge is 0.382 e. The molecule has 0 radical (unpaired) electrons. The van der Waals surface area contributed by atoms with Crippen LogP contribution < -0.4 is 5.73 Å². The summed E-state index contributed by atoms with van der Waals surface area (Å²) in [5.41, 5.74) is 10.5. The van der Waals surface area contributed by atoms with Gasteiger partial charge in [-0.3, -0.25) is 0 Å². The number of sulfone groups is 1.